The van der Waals surface area contributed by atoms with E-state index in [0.717, 1.165) is 22.4 Å². The number of amides is 1. The highest BCUT2D eigenvalue weighted by atomic mass is 32.1. The van der Waals surface area contributed by atoms with Crippen molar-refractivity contribution in [2.75, 3.05) is 0 Å². The van der Waals surface area contributed by atoms with Crippen LogP contribution in [0.15, 0.2) is 29.1 Å². The Balaban J connectivity index is 2.16. The van der Waals surface area contributed by atoms with Crippen LogP contribution in [0.5, 0.6) is 0 Å². The standard InChI is InChI=1S/C23H29N3O2S/c1-6-17-19(15-9-11-16(12-10-15)23(3,4)5)20-21(29-17)25-14(2)26(22(20)28)13-7-8-18(24)27/h9-12H,6-8,13H2,1-5H3,(H2,24,27). The molecule has 3 rings (SSSR count). The Bertz CT molecular complexity index is 1100. The molecule has 0 bridgehead atoms. The summed E-state index contributed by atoms with van der Waals surface area (Å²) < 4.78 is 1.67. The summed E-state index contributed by atoms with van der Waals surface area (Å²) >= 11 is 1.60. The monoisotopic (exact) mass is 411 g/mol. The zero-order valence-corrected chi connectivity index (χ0v) is 18.7. The summed E-state index contributed by atoms with van der Waals surface area (Å²) in [4.78, 5) is 31.1. The van der Waals surface area contributed by atoms with Gasteiger partial charge < -0.3 is 5.73 Å². The number of hydrogen-bond acceptors (Lipinski definition) is 4. The fourth-order valence-corrected chi connectivity index (χ4v) is 4.77. The largest absolute Gasteiger partial charge is 0.370 e. The Morgan fingerprint density at radius 1 is 1.21 bits per heavy atom. The third-order valence-electron chi connectivity index (χ3n) is 5.24. The van der Waals surface area contributed by atoms with Gasteiger partial charge in [-0.1, -0.05) is 52.0 Å². The van der Waals surface area contributed by atoms with Crippen molar-refractivity contribution in [1.82, 2.24) is 9.55 Å². The fraction of sp³-hybridized carbons (Fsp3) is 0.435. The maximum atomic E-state index is 13.4. The van der Waals surface area contributed by atoms with Gasteiger partial charge in [-0.15, -0.1) is 11.3 Å². The summed E-state index contributed by atoms with van der Waals surface area (Å²) in [6.07, 6.45) is 1.64. The van der Waals surface area contributed by atoms with Crippen LogP contribution in [0.1, 0.15) is 56.8 Å². The summed E-state index contributed by atoms with van der Waals surface area (Å²) in [6.45, 7) is 11.0. The Morgan fingerprint density at radius 3 is 2.41 bits per heavy atom. The van der Waals surface area contributed by atoms with Gasteiger partial charge in [0, 0.05) is 23.4 Å². The number of nitrogens with two attached hydrogens (primary N) is 1. The van der Waals surface area contributed by atoms with Crippen LogP contribution in [-0.2, 0) is 23.2 Å². The topological polar surface area (TPSA) is 78.0 Å². The second kappa shape index (κ2) is 8.11. The molecule has 1 amide bonds. The minimum Gasteiger partial charge on any atom is -0.370 e. The highest BCUT2D eigenvalue weighted by Crippen LogP contribution is 2.37. The normalized spacial score (nSPS) is 11.9. The molecule has 5 nitrogen and oxygen atoms in total. The van der Waals surface area contributed by atoms with Gasteiger partial charge >= 0.3 is 0 Å². The van der Waals surface area contributed by atoms with E-state index in [0.29, 0.717) is 24.2 Å². The number of carbonyl (C=O) groups is 1. The molecule has 0 aliphatic carbocycles. The Kier molecular flexibility index (Phi) is 5.94. The van der Waals surface area contributed by atoms with E-state index in [2.05, 4.69) is 52.0 Å². The van der Waals surface area contributed by atoms with Crippen molar-refractivity contribution >= 4 is 27.5 Å². The summed E-state index contributed by atoms with van der Waals surface area (Å²) in [6, 6.07) is 8.51. The average Bonchev–Trinajstić information content (AvgIpc) is 3.02. The molecule has 2 aromatic heterocycles. The zero-order valence-electron chi connectivity index (χ0n) is 17.8. The van der Waals surface area contributed by atoms with Crippen LogP contribution in [0, 0.1) is 6.92 Å². The Labute approximate surface area is 175 Å². The van der Waals surface area contributed by atoms with E-state index in [1.807, 2.05) is 6.92 Å². The highest BCUT2D eigenvalue weighted by molar-refractivity contribution is 7.19. The van der Waals surface area contributed by atoms with Crippen molar-refractivity contribution in [3.8, 4) is 11.1 Å². The van der Waals surface area contributed by atoms with Crippen LogP contribution in [-0.4, -0.2) is 15.5 Å². The fourth-order valence-electron chi connectivity index (χ4n) is 3.60. The molecule has 2 N–H and O–H groups in total. The zero-order chi connectivity index (χ0) is 21.3. The second-order valence-electron chi connectivity index (χ2n) is 8.45. The molecule has 0 fully saturated rings. The number of rotatable bonds is 6. The lowest BCUT2D eigenvalue weighted by atomic mass is 9.86. The van der Waals surface area contributed by atoms with E-state index in [9.17, 15) is 9.59 Å². The van der Waals surface area contributed by atoms with E-state index in [4.69, 9.17) is 10.7 Å². The lowest BCUT2D eigenvalue weighted by Gasteiger charge is -2.19. The highest BCUT2D eigenvalue weighted by Gasteiger charge is 2.20. The van der Waals surface area contributed by atoms with Gasteiger partial charge in [-0.3, -0.25) is 14.2 Å². The van der Waals surface area contributed by atoms with Crippen LogP contribution in [0.3, 0.4) is 0 Å². The first kappa shape index (κ1) is 21.2. The van der Waals surface area contributed by atoms with Gasteiger partial charge in [0.05, 0.1) is 5.39 Å². The number of thiophene rings is 1. The van der Waals surface area contributed by atoms with Gasteiger partial charge in [-0.05, 0) is 36.3 Å². The molecule has 3 aromatic rings. The van der Waals surface area contributed by atoms with Crippen LogP contribution in [0.2, 0.25) is 0 Å². The molecule has 0 saturated carbocycles. The number of benzene rings is 1. The van der Waals surface area contributed by atoms with E-state index in [-0.39, 0.29) is 23.3 Å². The van der Waals surface area contributed by atoms with Gasteiger partial charge in [-0.2, -0.15) is 0 Å². The quantitative estimate of drug-likeness (QED) is 0.646. The van der Waals surface area contributed by atoms with E-state index < -0.39 is 0 Å². The summed E-state index contributed by atoms with van der Waals surface area (Å²) in [5.41, 5.74) is 8.59. The van der Waals surface area contributed by atoms with Gasteiger partial charge in [0.1, 0.15) is 10.7 Å². The van der Waals surface area contributed by atoms with Crippen molar-refractivity contribution in [3.63, 3.8) is 0 Å². The molecule has 0 radical (unpaired) electrons. The molecule has 6 heteroatoms. The van der Waals surface area contributed by atoms with Crippen molar-refractivity contribution in [2.24, 2.45) is 5.73 Å². The first-order chi connectivity index (χ1) is 13.6. The minimum absolute atomic E-state index is 0.0391. The first-order valence-corrected chi connectivity index (χ1v) is 10.9. The molecule has 0 aliphatic rings. The first-order valence-electron chi connectivity index (χ1n) is 10.1. The third-order valence-corrected chi connectivity index (χ3v) is 6.47. The third kappa shape index (κ3) is 4.27. The van der Waals surface area contributed by atoms with Crippen molar-refractivity contribution in [1.29, 1.82) is 0 Å². The number of carbonyl (C=O) groups excluding carboxylic acids is 1. The number of hydrogen-bond donors (Lipinski definition) is 1. The number of nitrogens with zero attached hydrogens (tertiary/aromatic N) is 2. The molecular formula is C23H29N3O2S. The van der Waals surface area contributed by atoms with Gasteiger partial charge in [0.2, 0.25) is 5.91 Å². The number of primary amides is 1. The average molecular weight is 412 g/mol. The predicted molar refractivity (Wildman–Crippen MR) is 121 cm³/mol. The SMILES string of the molecule is CCc1sc2nc(C)n(CCCC(N)=O)c(=O)c2c1-c1ccc(C(C)(C)C)cc1. The van der Waals surface area contributed by atoms with Gasteiger partial charge in [-0.25, -0.2) is 4.98 Å². The minimum atomic E-state index is -0.354. The predicted octanol–water partition coefficient (Wildman–Crippen LogP) is 4.56. The molecule has 29 heavy (non-hydrogen) atoms. The molecule has 0 saturated heterocycles. The molecule has 1 aromatic carbocycles. The maximum absolute atomic E-state index is 13.4. The summed E-state index contributed by atoms with van der Waals surface area (Å²) in [5, 5.41) is 0.681. The summed E-state index contributed by atoms with van der Waals surface area (Å²) in [7, 11) is 0. The van der Waals surface area contributed by atoms with Crippen molar-refractivity contribution in [3.05, 3.63) is 50.9 Å². The maximum Gasteiger partial charge on any atom is 0.262 e. The molecule has 0 atom stereocenters. The molecule has 0 aliphatic heterocycles. The van der Waals surface area contributed by atoms with Crippen LogP contribution in [0.4, 0.5) is 0 Å². The lowest BCUT2D eigenvalue weighted by Crippen LogP contribution is -2.24. The van der Waals surface area contributed by atoms with Gasteiger partial charge in [0.25, 0.3) is 5.56 Å². The number of aryl methyl sites for hydroxylation is 2. The van der Waals surface area contributed by atoms with E-state index in [1.165, 1.54) is 10.4 Å². The smallest absolute Gasteiger partial charge is 0.262 e. The Hall–Kier alpha value is -2.47. The molecule has 2 heterocycles. The number of fused-ring (bicyclic) bond motifs is 1. The van der Waals surface area contributed by atoms with Crippen molar-refractivity contribution < 1.29 is 4.79 Å². The van der Waals surface area contributed by atoms with Crippen LogP contribution < -0.4 is 11.3 Å². The summed E-state index contributed by atoms with van der Waals surface area (Å²) in [5.74, 6) is 0.318. The second-order valence-corrected chi connectivity index (χ2v) is 9.53. The Morgan fingerprint density at radius 2 is 1.86 bits per heavy atom. The lowest BCUT2D eigenvalue weighted by molar-refractivity contribution is -0.118. The van der Waals surface area contributed by atoms with Crippen LogP contribution >= 0.6 is 11.3 Å². The van der Waals surface area contributed by atoms with Crippen LogP contribution in [0.25, 0.3) is 21.3 Å². The van der Waals surface area contributed by atoms with E-state index in [1.54, 1.807) is 15.9 Å². The molecule has 154 valence electrons. The molecule has 0 spiro atoms. The van der Waals surface area contributed by atoms with Crippen molar-refractivity contribution in [2.45, 2.75) is 65.8 Å². The molecule has 0 unspecified atom stereocenters. The van der Waals surface area contributed by atoms with Gasteiger partial charge in [0.15, 0.2) is 0 Å². The van der Waals surface area contributed by atoms with E-state index >= 15 is 0 Å². The molecular weight excluding hydrogens is 382 g/mol. The number of aromatic nitrogens is 2.